The molecule has 0 saturated carbocycles. The van der Waals surface area contributed by atoms with E-state index in [0.29, 0.717) is 17.9 Å². The molecule has 0 spiro atoms. The van der Waals surface area contributed by atoms with Gasteiger partial charge in [-0.1, -0.05) is 66.7 Å². The third kappa shape index (κ3) is 5.76. The fourth-order valence-electron chi connectivity index (χ4n) is 4.46. The van der Waals surface area contributed by atoms with E-state index in [9.17, 15) is 9.59 Å². The van der Waals surface area contributed by atoms with E-state index in [1.54, 1.807) is 28.8 Å². The molecule has 1 heterocycles. The van der Waals surface area contributed by atoms with Crippen LogP contribution in [0.5, 0.6) is 5.75 Å². The fourth-order valence-corrected chi connectivity index (χ4v) is 5.89. The first kappa shape index (κ1) is 25.6. The minimum absolute atomic E-state index is 0.162. The Labute approximate surface area is 227 Å². The number of nitrogens with one attached hydrogen (secondary N) is 1. The Bertz CT molecular complexity index is 1410. The monoisotopic (exact) mass is 522 g/mol. The largest absolute Gasteiger partial charge is 0.489 e. The van der Waals surface area contributed by atoms with Gasteiger partial charge in [-0.25, -0.2) is 0 Å². The summed E-state index contributed by atoms with van der Waals surface area (Å²) in [5.74, 6) is 0.915. The first-order chi connectivity index (χ1) is 18.5. The smallest absolute Gasteiger partial charge is 0.255 e. The minimum atomic E-state index is -0.603. The quantitative estimate of drug-likeness (QED) is 0.291. The van der Waals surface area contributed by atoms with E-state index in [-0.39, 0.29) is 17.2 Å². The number of carbonyl (C=O) groups excluding carboxylic acids is 2. The van der Waals surface area contributed by atoms with Gasteiger partial charge in [-0.15, -0.1) is 11.8 Å². The van der Waals surface area contributed by atoms with Crippen molar-refractivity contribution in [3.8, 4) is 5.75 Å². The number of carbonyl (C=O) groups is 2. The number of amides is 2. The molecule has 2 unspecified atom stereocenters. The van der Waals surface area contributed by atoms with Gasteiger partial charge in [0, 0.05) is 17.0 Å². The van der Waals surface area contributed by atoms with Crippen molar-refractivity contribution in [2.45, 2.75) is 31.9 Å². The van der Waals surface area contributed by atoms with E-state index >= 15 is 0 Å². The van der Waals surface area contributed by atoms with Gasteiger partial charge in [0.05, 0.1) is 0 Å². The van der Waals surface area contributed by atoms with Crippen molar-refractivity contribution in [1.29, 1.82) is 0 Å². The molecule has 5 nitrogen and oxygen atoms in total. The van der Waals surface area contributed by atoms with Crippen LogP contribution in [0.2, 0.25) is 0 Å². The number of hydrogen-bond donors (Lipinski definition) is 1. The molecule has 0 bridgehead atoms. The van der Waals surface area contributed by atoms with Crippen molar-refractivity contribution in [1.82, 2.24) is 4.90 Å². The Kier molecular flexibility index (Phi) is 7.80. The summed E-state index contributed by atoms with van der Waals surface area (Å²) < 4.78 is 5.95. The van der Waals surface area contributed by atoms with E-state index in [1.807, 2.05) is 105 Å². The maximum atomic E-state index is 13.7. The average Bonchev–Trinajstić information content (AvgIpc) is 3.40. The molecule has 1 saturated heterocycles. The van der Waals surface area contributed by atoms with Gasteiger partial charge in [0.1, 0.15) is 23.8 Å². The van der Waals surface area contributed by atoms with E-state index in [1.165, 1.54) is 0 Å². The van der Waals surface area contributed by atoms with Gasteiger partial charge < -0.3 is 15.0 Å². The van der Waals surface area contributed by atoms with E-state index in [4.69, 9.17) is 4.74 Å². The molecular formula is C32H30N2O3S. The molecule has 0 aromatic heterocycles. The number of nitrogens with zero attached hydrogens (tertiary/aromatic N) is 1. The van der Waals surface area contributed by atoms with Crippen LogP contribution in [0.4, 0.5) is 5.69 Å². The molecule has 1 aliphatic heterocycles. The van der Waals surface area contributed by atoms with Crippen LogP contribution in [0.1, 0.15) is 38.0 Å². The van der Waals surface area contributed by atoms with Gasteiger partial charge in [0.15, 0.2) is 0 Å². The van der Waals surface area contributed by atoms with Crippen LogP contribution in [-0.2, 0) is 11.4 Å². The SMILES string of the molecule is Cc1ccc(NC(=O)C2CSC(c3ccc(OCc4ccccc4)cc3)N2C(=O)c2ccccc2)cc1C. The number of hydrogen-bond acceptors (Lipinski definition) is 4. The van der Waals surface area contributed by atoms with Crippen molar-refractivity contribution in [2.75, 3.05) is 11.1 Å². The van der Waals surface area contributed by atoms with Gasteiger partial charge in [0.25, 0.3) is 5.91 Å². The lowest BCUT2D eigenvalue weighted by Crippen LogP contribution is -2.45. The molecule has 4 aromatic rings. The summed E-state index contributed by atoms with van der Waals surface area (Å²) >= 11 is 1.60. The molecule has 5 rings (SSSR count). The predicted octanol–water partition coefficient (Wildman–Crippen LogP) is 6.78. The maximum Gasteiger partial charge on any atom is 0.255 e. The van der Waals surface area contributed by atoms with Crippen molar-refractivity contribution in [2.24, 2.45) is 0 Å². The average molecular weight is 523 g/mol. The molecule has 2 amide bonds. The van der Waals surface area contributed by atoms with Crippen LogP contribution < -0.4 is 10.1 Å². The number of benzene rings is 4. The summed E-state index contributed by atoms with van der Waals surface area (Å²) in [6, 6.07) is 32.2. The van der Waals surface area contributed by atoms with Crippen molar-refractivity contribution in [3.05, 3.63) is 131 Å². The van der Waals surface area contributed by atoms with Crippen molar-refractivity contribution < 1.29 is 14.3 Å². The highest BCUT2D eigenvalue weighted by atomic mass is 32.2. The van der Waals surface area contributed by atoms with Crippen LogP contribution in [0.15, 0.2) is 103 Å². The molecule has 0 aliphatic carbocycles. The normalized spacial score (nSPS) is 16.7. The zero-order chi connectivity index (χ0) is 26.5. The van der Waals surface area contributed by atoms with Crippen molar-refractivity contribution >= 4 is 29.3 Å². The number of ether oxygens (including phenoxy) is 1. The lowest BCUT2D eigenvalue weighted by atomic mass is 10.1. The lowest BCUT2D eigenvalue weighted by Gasteiger charge is -2.29. The first-order valence-corrected chi connectivity index (χ1v) is 13.7. The third-order valence-electron chi connectivity index (χ3n) is 6.75. The Hall–Kier alpha value is -4.03. The van der Waals surface area contributed by atoms with Gasteiger partial charge in [-0.05, 0) is 72.5 Å². The summed E-state index contributed by atoms with van der Waals surface area (Å²) in [6.07, 6.45) is 0. The third-order valence-corrected chi connectivity index (χ3v) is 8.07. The van der Waals surface area contributed by atoms with Crippen molar-refractivity contribution in [3.63, 3.8) is 0 Å². The molecule has 6 heteroatoms. The summed E-state index contributed by atoms with van der Waals surface area (Å²) in [7, 11) is 0. The highest BCUT2D eigenvalue weighted by Crippen LogP contribution is 2.43. The second-order valence-corrected chi connectivity index (χ2v) is 10.5. The Balaban J connectivity index is 1.37. The zero-order valence-corrected chi connectivity index (χ0v) is 22.3. The van der Waals surface area contributed by atoms with Crippen LogP contribution in [0.3, 0.4) is 0 Å². The number of anilines is 1. The van der Waals surface area contributed by atoms with Gasteiger partial charge in [-0.3, -0.25) is 9.59 Å². The zero-order valence-electron chi connectivity index (χ0n) is 21.5. The second-order valence-electron chi connectivity index (χ2n) is 9.41. The highest BCUT2D eigenvalue weighted by molar-refractivity contribution is 7.99. The van der Waals surface area contributed by atoms with Crippen LogP contribution in [-0.4, -0.2) is 28.5 Å². The second kappa shape index (κ2) is 11.6. The molecular weight excluding hydrogens is 492 g/mol. The molecule has 1 aliphatic rings. The Morgan fingerprint density at radius 3 is 2.24 bits per heavy atom. The fraction of sp³-hybridized carbons (Fsp3) is 0.188. The Morgan fingerprint density at radius 2 is 1.55 bits per heavy atom. The summed E-state index contributed by atoms with van der Waals surface area (Å²) in [5, 5.41) is 2.75. The van der Waals surface area contributed by atoms with Gasteiger partial charge in [0.2, 0.25) is 5.91 Å². The first-order valence-electron chi connectivity index (χ1n) is 12.6. The van der Waals surface area contributed by atoms with Crippen LogP contribution in [0, 0.1) is 13.8 Å². The van der Waals surface area contributed by atoms with E-state index < -0.39 is 6.04 Å². The number of aryl methyl sites for hydroxylation is 2. The van der Waals surface area contributed by atoms with Crippen LogP contribution in [0.25, 0.3) is 0 Å². The molecule has 38 heavy (non-hydrogen) atoms. The Morgan fingerprint density at radius 1 is 0.868 bits per heavy atom. The summed E-state index contributed by atoms with van der Waals surface area (Å²) in [4.78, 5) is 28.9. The highest BCUT2D eigenvalue weighted by Gasteiger charge is 2.42. The molecule has 2 atom stereocenters. The molecule has 192 valence electrons. The predicted molar refractivity (Wildman–Crippen MR) is 153 cm³/mol. The minimum Gasteiger partial charge on any atom is -0.489 e. The number of rotatable bonds is 7. The molecule has 4 aromatic carbocycles. The lowest BCUT2D eigenvalue weighted by molar-refractivity contribution is -0.119. The topological polar surface area (TPSA) is 58.6 Å². The molecule has 0 radical (unpaired) electrons. The maximum absolute atomic E-state index is 13.7. The van der Waals surface area contributed by atoms with E-state index in [0.717, 1.165) is 33.7 Å². The standard InChI is InChI=1S/C32H30N2O3S/c1-22-13-16-27(19-23(22)2)33-30(35)29-21-38-32(34(29)31(36)25-11-7-4-8-12-25)26-14-17-28(18-15-26)37-20-24-9-5-3-6-10-24/h3-19,29,32H,20-21H2,1-2H3,(H,33,35). The van der Waals surface area contributed by atoms with Gasteiger partial charge in [-0.2, -0.15) is 0 Å². The molecule has 1 fully saturated rings. The summed E-state index contributed by atoms with van der Waals surface area (Å²) in [5.41, 5.74) is 5.61. The number of thioether (sulfide) groups is 1. The van der Waals surface area contributed by atoms with Crippen LogP contribution >= 0.6 is 11.8 Å². The van der Waals surface area contributed by atoms with Gasteiger partial charge >= 0.3 is 0 Å². The summed E-state index contributed by atoms with van der Waals surface area (Å²) in [6.45, 7) is 4.54. The molecule has 1 N–H and O–H groups in total. The van der Waals surface area contributed by atoms with E-state index in [2.05, 4.69) is 5.32 Å².